The first-order valence-electron chi connectivity index (χ1n) is 7.72. The van der Waals surface area contributed by atoms with Crippen molar-refractivity contribution in [3.63, 3.8) is 0 Å². The van der Waals surface area contributed by atoms with Gasteiger partial charge in [-0.05, 0) is 42.3 Å². The summed E-state index contributed by atoms with van der Waals surface area (Å²) < 4.78 is 41.7. The maximum atomic E-state index is 13.9. The molecule has 2 aromatic rings. The number of hydrogen-bond acceptors (Lipinski definition) is 3. The van der Waals surface area contributed by atoms with Crippen molar-refractivity contribution in [1.82, 2.24) is 10.4 Å². The van der Waals surface area contributed by atoms with Crippen molar-refractivity contribution in [3.8, 4) is 6.07 Å². The van der Waals surface area contributed by atoms with Crippen molar-refractivity contribution >= 4 is 16.7 Å². The van der Waals surface area contributed by atoms with E-state index in [2.05, 4.69) is 5.43 Å². The molecule has 1 amide bonds. The van der Waals surface area contributed by atoms with Crippen molar-refractivity contribution in [2.45, 2.75) is 38.0 Å². The molecule has 2 aromatic carbocycles. The monoisotopic (exact) mass is 347 g/mol. The molecule has 1 N–H and O–H groups in total. The summed E-state index contributed by atoms with van der Waals surface area (Å²) >= 11 is 0. The minimum absolute atomic E-state index is 0.0295. The van der Waals surface area contributed by atoms with Gasteiger partial charge in [-0.2, -0.15) is 23.4 Å². The van der Waals surface area contributed by atoms with Crippen LogP contribution in [-0.2, 0) is 4.79 Å². The second kappa shape index (κ2) is 5.74. The molecule has 1 heterocycles. The molecule has 130 valence electrons. The molecular weight excluding hydrogens is 331 g/mol. The number of fused-ring (bicyclic) bond motifs is 1. The van der Waals surface area contributed by atoms with Gasteiger partial charge < -0.3 is 0 Å². The third-order valence-corrected chi connectivity index (χ3v) is 4.38. The van der Waals surface area contributed by atoms with E-state index in [9.17, 15) is 23.2 Å². The van der Waals surface area contributed by atoms with Gasteiger partial charge in [0.1, 0.15) is 0 Å². The molecule has 25 heavy (non-hydrogen) atoms. The fourth-order valence-electron chi connectivity index (χ4n) is 3.29. The Balaban J connectivity index is 2.20. The fourth-order valence-corrected chi connectivity index (χ4v) is 3.29. The lowest BCUT2D eigenvalue weighted by Gasteiger charge is -2.38. The molecule has 0 radical (unpaired) electrons. The van der Waals surface area contributed by atoms with Gasteiger partial charge >= 0.3 is 6.18 Å². The highest BCUT2D eigenvalue weighted by Gasteiger charge is 2.53. The molecule has 1 saturated heterocycles. The summed E-state index contributed by atoms with van der Waals surface area (Å²) in [5.41, 5.74) is 1.42. The number of alkyl halides is 3. The van der Waals surface area contributed by atoms with Crippen molar-refractivity contribution in [3.05, 3.63) is 47.5 Å². The minimum atomic E-state index is -4.62. The van der Waals surface area contributed by atoms with Crippen LogP contribution in [-0.4, -0.2) is 22.6 Å². The number of benzene rings is 2. The van der Waals surface area contributed by atoms with Crippen LogP contribution < -0.4 is 5.43 Å². The predicted molar refractivity (Wildman–Crippen MR) is 86.1 cm³/mol. The van der Waals surface area contributed by atoms with E-state index in [1.165, 1.54) is 12.1 Å². The number of hydrogen-bond donors (Lipinski definition) is 1. The third-order valence-electron chi connectivity index (χ3n) is 4.38. The van der Waals surface area contributed by atoms with Crippen LogP contribution in [0.5, 0.6) is 0 Å². The number of nitrogens with zero attached hydrogens (tertiary/aromatic N) is 2. The summed E-state index contributed by atoms with van der Waals surface area (Å²) in [7, 11) is 0. The lowest BCUT2D eigenvalue weighted by molar-refractivity contribution is -0.203. The van der Waals surface area contributed by atoms with Gasteiger partial charge in [0.05, 0.1) is 11.6 Å². The Morgan fingerprint density at radius 3 is 2.52 bits per heavy atom. The number of nitrogens with one attached hydrogen (secondary N) is 1. The molecule has 0 saturated carbocycles. The van der Waals surface area contributed by atoms with Crippen LogP contribution in [0.3, 0.4) is 0 Å². The van der Waals surface area contributed by atoms with Crippen molar-refractivity contribution in [2.75, 3.05) is 0 Å². The Morgan fingerprint density at radius 2 is 1.96 bits per heavy atom. The second-order valence-corrected chi connectivity index (χ2v) is 6.74. The zero-order valence-electron chi connectivity index (χ0n) is 13.7. The number of hydrazine groups is 1. The summed E-state index contributed by atoms with van der Waals surface area (Å²) in [5, 5.41) is 11.4. The van der Waals surface area contributed by atoms with E-state index < -0.39 is 23.7 Å². The molecular formula is C18H16F3N3O. The van der Waals surface area contributed by atoms with E-state index in [1.54, 1.807) is 38.1 Å². The normalized spacial score (nSPS) is 18.8. The molecule has 0 bridgehead atoms. The van der Waals surface area contributed by atoms with Gasteiger partial charge in [-0.3, -0.25) is 10.2 Å². The molecule has 0 aliphatic carbocycles. The summed E-state index contributed by atoms with van der Waals surface area (Å²) in [4.78, 5) is 11.7. The highest BCUT2D eigenvalue weighted by atomic mass is 19.4. The highest BCUT2D eigenvalue weighted by molar-refractivity contribution is 5.88. The summed E-state index contributed by atoms with van der Waals surface area (Å²) in [6.45, 7) is 3.16. The van der Waals surface area contributed by atoms with E-state index in [4.69, 9.17) is 0 Å². The Labute approximate surface area is 142 Å². The van der Waals surface area contributed by atoms with Gasteiger partial charge in [-0.15, -0.1) is 0 Å². The molecule has 1 aliphatic rings. The van der Waals surface area contributed by atoms with Crippen LogP contribution >= 0.6 is 0 Å². The van der Waals surface area contributed by atoms with Crippen LogP contribution in [0.1, 0.15) is 37.4 Å². The summed E-state index contributed by atoms with van der Waals surface area (Å²) in [6, 6.07) is 9.40. The second-order valence-electron chi connectivity index (χ2n) is 6.74. The smallest absolute Gasteiger partial charge is 0.287 e. The molecule has 0 spiro atoms. The van der Waals surface area contributed by atoms with Crippen molar-refractivity contribution in [1.29, 1.82) is 5.26 Å². The van der Waals surface area contributed by atoms with Crippen molar-refractivity contribution in [2.24, 2.45) is 0 Å². The standard InChI is InChI=1S/C18H16F3N3O/c1-17(2)9-15(25)23-24(17)16(18(19,20)21)12-7-11-5-3-4-6-14(11)13(8-12)10-22/h3-8,16H,9H2,1-2H3,(H,23,25)/t16-/m0/s1. The van der Waals surface area contributed by atoms with E-state index in [0.29, 0.717) is 10.8 Å². The maximum Gasteiger partial charge on any atom is 0.409 e. The fraction of sp³-hybridized carbons (Fsp3) is 0.333. The average molecular weight is 347 g/mol. The SMILES string of the molecule is CC1(C)CC(=O)NN1[C@@H](c1cc(C#N)c2ccccc2c1)C(F)(F)F. The average Bonchev–Trinajstić information content (AvgIpc) is 2.77. The quantitative estimate of drug-likeness (QED) is 0.898. The molecule has 0 unspecified atom stereocenters. The van der Waals surface area contributed by atoms with Crippen LogP contribution in [0.2, 0.25) is 0 Å². The first-order chi connectivity index (χ1) is 11.6. The number of carbonyl (C=O) groups excluding carboxylic acids is 1. The van der Waals surface area contributed by atoms with Gasteiger partial charge in [-0.1, -0.05) is 24.3 Å². The lowest BCUT2D eigenvalue weighted by Crippen LogP contribution is -2.51. The van der Waals surface area contributed by atoms with Crippen LogP contribution in [0.4, 0.5) is 13.2 Å². The molecule has 4 nitrogen and oxygen atoms in total. The van der Waals surface area contributed by atoms with Gasteiger partial charge in [-0.25, -0.2) is 0 Å². The topological polar surface area (TPSA) is 56.1 Å². The van der Waals surface area contributed by atoms with Crippen LogP contribution in [0.15, 0.2) is 36.4 Å². The van der Waals surface area contributed by atoms with Gasteiger partial charge in [0, 0.05) is 12.0 Å². The predicted octanol–water partition coefficient (Wildman–Crippen LogP) is 3.83. The van der Waals surface area contributed by atoms with E-state index >= 15 is 0 Å². The third kappa shape index (κ3) is 3.05. The lowest BCUT2D eigenvalue weighted by atomic mass is 9.93. The van der Waals surface area contributed by atoms with E-state index in [-0.39, 0.29) is 17.5 Å². The van der Waals surface area contributed by atoms with E-state index in [0.717, 1.165) is 5.01 Å². The molecule has 1 fully saturated rings. The number of halogens is 3. The number of nitriles is 1. The number of carbonyl (C=O) groups is 1. The minimum Gasteiger partial charge on any atom is -0.287 e. The van der Waals surface area contributed by atoms with Gasteiger partial charge in [0.15, 0.2) is 6.04 Å². The zero-order valence-corrected chi connectivity index (χ0v) is 13.7. The Hall–Kier alpha value is -2.59. The summed E-state index contributed by atoms with van der Waals surface area (Å²) in [6.07, 6.45) is -4.65. The number of rotatable bonds is 2. The number of amides is 1. The Morgan fingerprint density at radius 1 is 1.28 bits per heavy atom. The highest BCUT2D eigenvalue weighted by Crippen LogP contribution is 2.43. The summed E-state index contributed by atoms with van der Waals surface area (Å²) in [5.74, 6) is -0.458. The van der Waals surface area contributed by atoms with Crippen LogP contribution in [0, 0.1) is 11.3 Å². The molecule has 1 atom stereocenters. The van der Waals surface area contributed by atoms with Crippen LogP contribution in [0.25, 0.3) is 10.8 Å². The van der Waals surface area contributed by atoms with Gasteiger partial charge in [0.2, 0.25) is 5.91 Å². The first kappa shape index (κ1) is 17.2. The Bertz CT molecular complexity index is 883. The maximum absolute atomic E-state index is 13.9. The zero-order chi connectivity index (χ0) is 18.4. The van der Waals surface area contributed by atoms with E-state index in [1.807, 2.05) is 6.07 Å². The van der Waals surface area contributed by atoms with Gasteiger partial charge in [0.25, 0.3) is 0 Å². The molecule has 7 heteroatoms. The molecule has 3 rings (SSSR count). The molecule has 0 aromatic heterocycles. The Kier molecular flexibility index (Phi) is 3.96. The molecule has 1 aliphatic heterocycles. The largest absolute Gasteiger partial charge is 0.409 e. The first-order valence-corrected chi connectivity index (χ1v) is 7.72. The van der Waals surface area contributed by atoms with Crippen molar-refractivity contribution < 1.29 is 18.0 Å².